The summed E-state index contributed by atoms with van der Waals surface area (Å²) in [5, 5.41) is 0. The van der Waals surface area contributed by atoms with Gasteiger partial charge in [0, 0.05) is 49.4 Å². The average molecular weight is 292 g/mol. The molecule has 3 heteroatoms. The Kier molecular flexibility index (Phi) is 5.94. The molecule has 0 N–H and O–H groups in total. The van der Waals surface area contributed by atoms with E-state index < -0.39 is 0 Å². The fraction of sp³-hybridized carbons (Fsp3) is 0.647. The number of benzene rings is 1. The molecule has 20 heavy (non-hydrogen) atoms. The van der Waals surface area contributed by atoms with Gasteiger partial charge in [-0.05, 0) is 51.0 Å². The molecule has 1 aromatic rings. The molecule has 0 saturated carbocycles. The number of hydrogen-bond donors (Lipinski definition) is 0. The van der Waals surface area contributed by atoms with E-state index in [1.54, 1.807) is 0 Å². The highest BCUT2D eigenvalue weighted by atomic mass is 32.2. The third-order valence-electron chi connectivity index (χ3n) is 4.29. The SMILES string of the molecule is Cc1ccc(SCCN2CCN(C(C)C)CC2)cc1C. The Labute approximate surface area is 128 Å². The molecule has 1 fully saturated rings. The molecule has 0 spiro atoms. The second kappa shape index (κ2) is 7.48. The van der Waals surface area contributed by atoms with Gasteiger partial charge in [-0.25, -0.2) is 0 Å². The van der Waals surface area contributed by atoms with Crippen molar-refractivity contribution in [2.24, 2.45) is 0 Å². The molecular formula is C17H28N2S. The van der Waals surface area contributed by atoms with Crippen LogP contribution in [0.2, 0.25) is 0 Å². The van der Waals surface area contributed by atoms with Crippen molar-refractivity contribution in [3.8, 4) is 0 Å². The molecule has 0 unspecified atom stereocenters. The second-order valence-corrected chi connectivity index (χ2v) is 7.23. The molecule has 112 valence electrons. The molecule has 0 atom stereocenters. The van der Waals surface area contributed by atoms with E-state index in [0.29, 0.717) is 6.04 Å². The summed E-state index contributed by atoms with van der Waals surface area (Å²) in [5.74, 6) is 1.20. The molecule has 2 rings (SSSR count). The zero-order valence-electron chi connectivity index (χ0n) is 13.4. The summed E-state index contributed by atoms with van der Waals surface area (Å²) in [5.41, 5.74) is 2.79. The van der Waals surface area contributed by atoms with Gasteiger partial charge in [0.05, 0.1) is 0 Å². The monoisotopic (exact) mass is 292 g/mol. The van der Waals surface area contributed by atoms with Crippen LogP contribution in [0.15, 0.2) is 23.1 Å². The second-order valence-electron chi connectivity index (χ2n) is 6.07. The Morgan fingerprint density at radius 2 is 1.75 bits per heavy atom. The molecule has 1 saturated heterocycles. The lowest BCUT2D eigenvalue weighted by atomic mass is 10.1. The van der Waals surface area contributed by atoms with Crippen LogP contribution in [0.4, 0.5) is 0 Å². The highest BCUT2D eigenvalue weighted by Crippen LogP contribution is 2.21. The van der Waals surface area contributed by atoms with Crippen LogP contribution in [0, 0.1) is 13.8 Å². The van der Waals surface area contributed by atoms with Gasteiger partial charge in [-0.2, -0.15) is 0 Å². The van der Waals surface area contributed by atoms with Gasteiger partial charge in [-0.1, -0.05) is 6.07 Å². The molecule has 0 aromatic heterocycles. The average Bonchev–Trinajstić information content (AvgIpc) is 2.43. The van der Waals surface area contributed by atoms with Crippen molar-refractivity contribution in [1.82, 2.24) is 9.80 Å². The first-order chi connectivity index (χ1) is 9.56. The van der Waals surface area contributed by atoms with Gasteiger partial charge >= 0.3 is 0 Å². The largest absolute Gasteiger partial charge is 0.300 e. The minimum Gasteiger partial charge on any atom is -0.300 e. The Morgan fingerprint density at radius 3 is 2.35 bits per heavy atom. The van der Waals surface area contributed by atoms with Crippen LogP contribution in [-0.4, -0.2) is 54.3 Å². The highest BCUT2D eigenvalue weighted by molar-refractivity contribution is 7.99. The van der Waals surface area contributed by atoms with Crippen LogP contribution in [-0.2, 0) is 0 Å². The van der Waals surface area contributed by atoms with Crippen LogP contribution in [0.25, 0.3) is 0 Å². The number of piperazine rings is 1. The topological polar surface area (TPSA) is 6.48 Å². The summed E-state index contributed by atoms with van der Waals surface area (Å²) in [4.78, 5) is 6.59. The van der Waals surface area contributed by atoms with E-state index in [1.165, 1.54) is 54.5 Å². The molecule has 1 heterocycles. The smallest absolute Gasteiger partial charge is 0.0113 e. The third kappa shape index (κ3) is 4.51. The number of thioether (sulfide) groups is 1. The Balaban J connectivity index is 1.70. The maximum Gasteiger partial charge on any atom is 0.0113 e. The van der Waals surface area contributed by atoms with Crippen LogP contribution in [0.1, 0.15) is 25.0 Å². The first-order valence-electron chi connectivity index (χ1n) is 7.72. The van der Waals surface area contributed by atoms with Crippen LogP contribution in [0.3, 0.4) is 0 Å². The zero-order valence-corrected chi connectivity index (χ0v) is 14.2. The van der Waals surface area contributed by atoms with E-state index in [2.05, 4.69) is 55.7 Å². The minimum atomic E-state index is 0.696. The van der Waals surface area contributed by atoms with Crippen molar-refractivity contribution < 1.29 is 0 Å². The van der Waals surface area contributed by atoms with Crippen molar-refractivity contribution in [2.45, 2.75) is 38.6 Å². The standard InChI is InChI=1S/C17H28N2S/c1-14(2)19-9-7-18(8-10-19)11-12-20-17-6-5-15(3)16(4)13-17/h5-6,13-14H,7-12H2,1-4H3. The molecule has 2 nitrogen and oxygen atoms in total. The van der Waals surface area contributed by atoms with E-state index in [-0.39, 0.29) is 0 Å². The molecule has 0 aliphatic carbocycles. The van der Waals surface area contributed by atoms with Crippen molar-refractivity contribution in [3.05, 3.63) is 29.3 Å². The first-order valence-corrected chi connectivity index (χ1v) is 8.71. The first kappa shape index (κ1) is 15.9. The Bertz CT molecular complexity index is 423. The predicted molar refractivity (Wildman–Crippen MR) is 89.8 cm³/mol. The third-order valence-corrected chi connectivity index (χ3v) is 5.27. The Hall–Kier alpha value is -0.510. The normalized spacial score (nSPS) is 17.9. The van der Waals surface area contributed by atoms with Gasteiger partial charge in [0.25, 0.3) is 0 Å². The van der Waals surface area contributed by atoms with Crippen molar-refractivity contribution >= 4 is 11.8 Å². The number of nitrogens with zero attached hydrogens (tertiary/aromatic N) is 2. The van der Waals surface area contributed by atoms with Crippen LogP contribution in [0.5, 0.6) is 0 Å². The van der Waals surface area contributed by atoms with Gasteiger partial charge in [0.15, 0.2) is 0 Å². The maximum absolute atomic E-state index is 2.60. The quantitative estimate of drug-likeness (QED) is 0.768. The molecule has 1 aliphatic heterocycles. The van der Waals surface area contributed by atoms with Crippen molar-refractivity contribution in [1.29, 1.82) is 0 Å². The van der Waals surface area contributed by atoms with E-state index in [4.69, 9.17) is 0 Å². The van der Waals surface area contributed by atoms with Crippen molar-refractivity contribution in [3.63, 3.8) is 0 Å². The predicted octanol–water partition coefficient (Wildman–Crippen LogP) is 3.42. The summed E-state index contributed by atoms with van der Waals surface area (Å²) in [6.07, 6.45) is 0. The molecule has 0 radical (unpaired) electrons. The van der Waals surface area contributed by atoms with Gasteiger partial charge in [-0.3, -0.25) is 9.80 Å². The van der Waals surface area contributed by atoms with Gasteiger partial charge in [0.2, 0.25) is 0 Å². The molecule has 1 aliphatic rings. The van der Waals surface area contributed by atoms with Crippen LogP contribution < -0.4 is 0 Å². The van der Waals surface area contributed by atoms with Crippen LogP contribution >= 0.6 is 11.8 Å². The molecule has 0 amide bonds. The summed E-state index contributed by atoms with van der Waals surface area (Å²) in [6.45, 7) is 15.1. The van der Waals surface area contributed by atoms with Crippen molar-refractivity contribution in [2.75, 3.05) is 38.5 Å². The lowest BCUT2D eigenvalue weighted by Crippen LogP contribution is -2.49. The summed E-state index contributed by atoms with van der Waals surface area (Å²) >= 11 is 1.99. The van der Waals surface area contributed by atoms with Gasteiger partial charge in [-0.15, -0.1) is 11.8 Å². The number of aryl methyl sites for hydroxylation is 2. The fourth-order valence-electron chi connectivity index (χ4n) is 2.60. The van der Waals surface area contributed by atoms with Gasteiger partial charge < -0.3 is 0 Å². The summed E-state index contributed by atoms with van der Waals surface area (Å²) in [7, 11) is 0. The fourth-order valence-corrected chi connectivity index (χ4v) is 3.61. The molecule has 0 bridgehead atoms. The van der Waals surface area contributed by atoms with Gasteiger partial charge in [0.1, 0.15) is 0 Å². The highest BCUT2D eigenvalue weighted by Gasteiger charge is 2.18. The lowest BCUT2D eigenvalue weighted by Gasteiger charge is -2.36. The van der Waals surface area contributed by atoms with E-state index in [1.807, 2.05) is 11.8 Å². The zero-order chi connectivity index (χ0) is 14.5. The van der Waals surface area contributed by atoms with E-state index in [0.717, 1.165) is 0 Å². The minimum absolute atomic E-state index is 0.696. The number of hydrogen-bond acceptors (Lipinski definition) is 3. The van der Waals surface area contributed by atoms with E-state index >= 15 is 0 Å². The summed E-state index contributed by atoms with van der Waals surface area (Å²) in [6, 6.07) is 7.50. The molecular weight excluding hydrogens is 264 g/mol. The summed E-state index contributed by atoms with van der Waals surface area (Å²) < 4.78 is 0. The molecule has 1 aromatic carbocycles. The lowest BCUT2D eigenvalue weighted by molar-refractivity contribution is 0.113. The Morgan fingerprint density at radius 1 is 1.05 bits per heavy atom. The maximum atomic E-state index is 2.60. The van der Waals surface area contributed by atoms with E-state index in [9.17, 15) is 0 Å². The number of rotatable bonds is 5.